The van der Waals surface area contributed by atoms with Crippen LogP contribution in [0.2, 0.25) is 0 Å². The zero-order valence-electron chi connectivity index (χ0n) is 11.2. The lowest BCUT2D eigenvalue weighted by Gasteiger charge is -2.37. The number of hydrogen-bond donors (Lipinski definition) is 2. The van der Waals surface area contributed by atoms with E-state index < -0.39 is 0 Å². The molecule has 0 unspecified atom stereocenters. The van der Waals surface area contributed by atoms with E-state index in [0.717, 1.165) is 29.7 Å². The Morgan fingerprint density at radius 3 is 2.65 bits per heavy atom. The first-order chi connectivity index (χ1) is 9.74. The van der Waals surface area contributed by atoms with Crippen molar-refractivity contribution in [1.29, 1.82) is 0 Å². The molecule has 1 saturated carbocycles. The minimum absolute atomic E-state index is 0.0616. The molecule has 104 valence electrons. The molecule has 1 aliphatic rings. The number of anilines is 1. The Hall–Kier alpha value is -1.87. The van der Waals surface area contributed by atoms with Crippen LogP contribution < -0.4 is 5.32 Å². The second-order valence-corrected chi connectivity index (χ2v) is 5.42. The molecular formula is C17H18FNO. The molecule has 2 N–H and O–H groups in total. The van der Waals surface area contributed by atoms with Crippen molar-refractivity contribution in [3.8, 4) is 0 Å². The predicted octanol–water partition coefficient (Wildman–Crippen LogP) is 3.68. The molecule has 2 nitrogen and oxygen atoms in total. The lowest BCUT2D eigenvalue weighted by molar-refractivity contribution is 0.282. The van der Waals surface area contributed by atoms with Crippen LogP contribution in [0.5, 0.6) is 0 Å². The summed E-state index contributed by atoms with van der Waals surface area (Å²) in [5.41, 5.74) is 3.04. The fourth-order valence-electron chi connectivity index (χ4n) is 2.76. The zero-order chi connectivity index (χ0) is 13.9. The molecule has 2 aromatic rings. The third-order valence-corrected chi connectivity index (χ3v) is 3.94. The highest BCUT2D eigenvalue weighted by Crippen LogP contribution is 2.38. The summed E-state index contributed by atoms with van der Waals surface area (Å²) >= 11 is 0. The van der Waals surface area contributed by atoms with Crippen LogP contribution in [0, 0.1) is 5.82 Å². The summed E-state index contributed by atoms with van der Waals surface area (Å²) < 4.78 is 13.2. The molecule has 0 radical (unpaired) electrons. The average Bonchev–Trinajstić information content (AvgIpc) is 2.42. The highest BCUT2D eigenvalue weighted by Gasteiger charge is 2.30. The van der Waals surface area contributed by atoms with Gasteiger partial charge in [-0.25, -0.2) is 4.39 Å². The van der Waals surface area contributed by atoms with Crippen LogP contribution in [-0.2, 0) is 6.61 Å². The van der Waals surface area contributed by atoms with E-state index in [4.69, 9.17) is 5.11 Å². The summed E-state index contributed by atoms with van der Waals surface area (Å²) in [7, 11) is 0. The fraction of sp³-hybridized carbons (Fsp3) is 0.294. The first-order valence-corrected chi connectivity index (χ1v) is 6.96. The number of aliphatic hydroxyl groups is 1. The normalized spacial score (nSPS) is 21.3. The fourth-order valence-corrected chi connectivity index (χ4v) is 2.76. The van der Waals surface area contributed by atoms with Gasteiger partial charge in [0.1, 0.15) is 5.82 Å². The van der Waals surface area contributed by atoms with Gasteiger partial charge in [0.2, 0.25) is 0 Å². The van der Waals surface area contributed by atoms with Crippen LogP contribution in [-0.4, -0.2) is 11.1 Å². The topological polar surface area (TPSA) is 32.3 Å². The Kier molecular flexibility index (Phi) is 3.70. The number of hydrogen-bond acceptors (Lipinski definition) is 2. The SMILES string of the molecule is OCc1cccc(NC2CC(c3cccc(F)c3)C2)c1. The molecule has 0 amide bonds. The molecule has 2 aromatic carbocycles. The summed E-state index contributed by atoms with van der Waals surface area (Å²) in [6.45, 7) is 0.0616. The minimum atomic E-state index is -0.158. The lowest BCUT2D eigenvalue weighted by atomic mass is 9.76. The van der Waals surface area contributed by atoms with Gasteiger partial charge in [-0.3, -0.25) is 0 Å². The summed E-state index contributed by atoms with van der Waals surface area (Å²) in [5.74, 6) is 0.291. The monoisotopic (exact) mass is 271 g/mol. The van der Waals surface area contributed by atoms with Gasteiger partial charge in [0.25, 0.3) is 0 Å². The maximum Gasteiger partial charge on any atom is 0.123 e. The van der Waals surface area contributed by atoms with Gasteiger partial charge in [-0.1, -0.05) is 24.3 Å². The van der Waals surface area contributed by atoms with E-state index in [0.29, 0.717) is 12.0 Å². The lowest BCUT2D eigenvalue weighted by Crippen LogP contribution is -2.34. The van der Waals surface area contributed by atoms with Crippen LogP contribution in [0.4, 0.5) is 10.1 Å². The summed E-state index contributed by atoms with van der Waals surface area (Å²) in [6, 6.07) is 15.1. The Balaban J connectivity index is 1.58. The highest BCUT2D eigenvalue weighted by molar-refractivity contribution is 5.47. The Morgan fingerprint density at radius 2 is 1.90 bits per heavy atom. The molecular weight excluding hydrogens is 253 g/mol. The van der Waals surface area contributed by atoms with E-state index in [1.807, 2.05) is 30.3 Å². The average molecular weight is 271 g/mol. The molecule has 1 aliphatic carbocycles. The van der Waals surface area contributed by atoms with Crippen LogP contribution in [0.25, 0.3) is 0 Å². The summed E-state index contributed by atoms with van der Waals surface area (Å²) in [4.78, 5) is 0. The molecule has 3 heteroatoms. The molecule has 0 saturated heterocycles. The molecule has 20 heavy (non-hydrogen) atoms. The minimum Gasteiger partial charge on any atom is -0.392 e. The highest BCUT2D eigenvalue weighted by atomic mass is 19.1. The largest absolute Gasteiger partial charge is 0.392 e. The van der Waals surface area contributed by atoms with Gasteiger partial charge < -0.3 is 10.4 Å². The number of halogens is 1. The van der Waals surface area contributed by atoms with Gasteiger partial charge >= 0.3 is 0 Å². The van der Waals surface area contributed by atoms with E-state index in [1.54, 1.807) is 12.1 Å². The quantitative estimate of drug-likeness (QED) is 0.889. The van der Waals surface area contributed by atoms with Gasteiger partial charge in [-0.15, -0.1) is 0 Å². The Labute approximate surface area is 118 Å². The first kappa shape index (κ1) is 13.1. The molecule has 0 spiro atoms. The molecule has 0 heterocycles. The standard InChI is InChI=1S/C17H18FNO/c18-15-5-2-4-13(8-15)14-9-17(10-14)19-16-6-1-3-12(7-16)11-20/h1-8,14,17,19-20H,9-11H2. The van der Waals surface area contributed by atoms with Crippen molar-refractivity contribution in [2.45, 2.75) is 31.4 Å². The zero-order valence-corrected chi connectivity index (χ0v) is 11.2. The Morgan fingerprint density at radius 1 is 1.10 bits per heavy atom. The van der Waals surface area contributed by atoms with Crippen LogP contribution in [0.1, 0.15) is 29.9 Å². The number of rotatable bonds is 4. The third kappa shape index (κ3) is 2.83. The van der Waals surface area contributed by atoms with Gasteiger partial charge in [-0.05, 0) is 54.2 Å². The van der Waals surface area contributed by atoms with Crippen LogP contribution in [0.15, 0.2) is 48.5 Å². The maximum atomic E-state index is 13.2. The number of benzene rings is 2. The predicted molar refractivity (Wildman–Crippen MR) is 78.2 cm³/mol. The van der Waals surface area contributed by atoms with E-state index >= 15 is 0 Å². The van der Waals surface area contributed by atoms with Gasteiger partial charge in [-0.2, -0.15) is 0 Å². The van der Waals surface area contributed by atoms with Crippen LogP contribution >= 0.6 is 0 Å². The van der Waals surface area contributed by atoms with Crippen LogP contribution in [0.3, 0.4) is 0 Å². The van der Waals surface area contributed by atoms with E-state index in [1.165, 1.54) is 6.07 Å². The van der Waals surface area contributed by atoms with Gasteiger partial charge in [0.05, 0.1) is 6.61 Å². The van der Waals surface area contributed by atoms with Crippen molar-refractivity contribution in [3.63, 3.8) is 0 Å². The Bertz CT molecular complexity index is 593. The molecule has 0 atom stereocenters. The van der Waals surface area contributed by atoms with Gasteiger partial charge in [0, 0.05) is 11.7 Å². The van der Waals surface area contributed by atoms with Gasteiger partial charge in [0.15, 0.2) is 0 Å². The second kappa shape index (κ2) is 5.63. The number of aliphatic hydroxyl groups excluding tert-OH is 1. The van der Waals surface area contributed by atoms with Crippen molar-refractivity contribution < 1.29 is 9.50 Å². The first-order valence-electron chi connectivity index (χ1n) is 6.96. The van der Waals surface area contributed by atoms with Crippen molar-refractivity contribution in [3.05, 3.63) is 65.5 Å². The maximum absolute atomic E-state index is 13.2. The summed E-state index contributed by atoms with van der Waals surface area (Å²) in [5, 5.41) is 12.6. The van der Waals surface area contributed by atoms with Crippen molar-refractivity contribution in [1.82, 2.24) is 0 Å². The van der Waals surface area contributed by atoms with Crippen molar-refractivity contribution in [2.75, 3.05) is 5.32 Å². The number of nitrogens with one attached hydrogen (secondary N) is 1. The smallest absolute Gasteiger partial charge is 0.123 e. The summed E-state index contributed by atoms with van der Waals surface area (Å²) in [6.07, 6.45) is 2.04. The van der Waals surface area contributed by atoms with Crippen molar-refractivity contribution in [2.24, 2.45) is 0 Å². The molecule has 3 rings (SSSR count). The molecule has 0 bridgehead atoms. The van der Waals surface area contributed by atoms with E-state index in [9.17, 15) is 4.39 Å². The van der Waals surface area contributed by atoms with E-state index in [2.05, 4.69) is 5.32 Å². The second-order valence-electron chi connectivity index (χ2n) is 5.42. The van der Waals surface area contributed by atoms with E-state index in [-0.39, 0.29) is 12.4 Å². The molecule has 1 fully saturated rings. The van der Waals surface area contributed by atoms with Crippen molar-refractivity contribution >= 4 is 5.69 Å². The third-order valence-electron chi connectivity index (χ3n) is 3.94. The molecule has 0 aromatic heterocycles. The molecule has 0 aliphatic heterocycles.